The van der Waals surface area contributed by atoms with Crippen LogP contribution >= 0.6 is 11.6 Å². The fourth-order valence-electron chi connectivity index (χ4n) is 2.00. The number of hydrogen-bond donors (Lipinski definition) is 0. The van der Waals surface area contributed by atoms with Gasteiger partial charge in [-0.15, -0.1) is 0 Å². The Morgan fingerprint density at radius 2 is 1.84 bits per heavy atom. The Balaban J connectivity index is 2.31. The van der Waals surface area contributed by atoms with Crippen molar-refractivity contribution in [3.8, 4) is 5.95 Å². The van der Waals surface area contributed by atoms with Gasteiger partial charge in [0.15, 0.2) is 0 Å². The number of fused-ring (bicyclic) bond motifs is 1. The van der Waals surface area contributed by atoms with Gasteiger partial charge in [-0.05, 0) is 30.3 Å². The van der Waals surface area contributed by atoms with Gasteiger partial charge in [-0.1, -0.05) is 11.6 Å². The van der Waals surface area contributed by atoms with Gasteiger partial charge in [0.05, 0.1) is 5.52 Å². The summed E-state index contributed by atoms with van der Waals surface area (Å²) in [6.07, 6.45) is 3.84. The summed E-state index contributed by atoms with van der Waals surface area (Å²) in [5.41, 5.74) is 0.843. The quantitative estimate of drug-likeness (QED) is 0.719. The Kier molecular flexibility index (Phi) is 2.87. The predicted molar refractivity (Wildman–Crippen MR) is 78.2 cm³/mol. The lowest BCUT2D eigenvalue weighted by molar-refractivity contribution is 0.934. The van der Waals surface area contributed by atoms with Gasteiger partial charge in [-0.2, -0.15) is 4.98 Å². The van der Waals surface area contributed by atoms with Crippen LogP contribution < -0.4 is 4.90 Å². The summed E-state index contributed by atoms with van der Waals surface area (Å²) < 4.78 is 1.88. The fraction of sp³-hybridized carbons (Fsp3) is 0.143. The lowest BCUT2D eigenvalue weighted by Gasteiger charge is -2.15. The van der Waals surface area contributed by atoms with Crippen molar-refractivity contribution in [3.63, 3.8) is 0 Å². The van der Waals surface area contributed by atoms with E-state index < -0.39 is 0 Å². The third-order valence-electron chi connectivity index (χ3n) is 2.89. The first kappa shape index (κ1) is 12.0. The van der Waals surface area contributed by atoms with Crippen molar-refractivity contribution < 1.29 is 0 Å². The van der Waals surface area contributed by atoms with Gasteiger partial charge in [0.2, 0.25) is 5.95 Å². The molecule has 0 aliphatic carbocycles. The zero-order valence-electron chi connectivity index (χ0n) is 10.7. The number of aromatic nitrogens is 3. The summed E-state index contributed by atoms with van der Waals surface area (Å²) in [6.45, 7) is 0. The molecule has 19 heavy (non-hydrogen) atoms. The molecule has 0 amide bonds. The zero-order valence-corrected chi connectivity index (χ0v) is 11.5. The van der Waals surface area contributed by atoms with E-state index in [2.05, 4.69) is 9.97 Å². The first-order valence-corrected chi connectivity index (χ1v) is 6.31. The number of rotatable bonds is 2. The van der Waals surface area contributed by atoms with Crippen molar-refractivity contribution in [3.05, 3.63) is 47.7 Å². The molecule has 0 saturated heterocycles. The van der Waals surface area contributed by atoms with Crippen molar-refractivity contribution in [1.82, 2.24) is 14.5 Å². The van der Waals surface area contributed by atoms with Crippen LogP contribution in [-0.4, -0.2) is 28.6 Å². The number of hydrogen-bond acceptors (Lipinski definition) is 3. The zero-order chi connectivity index (χ0) is 13.4. The third-order valence-corrected chi connectivity index (χ3v) is 3.12. The second-order valence-corrected chi connectivity index (χ2v) is 4.93. The van der Waals surface area contributed by atoms with Gasteiger partial charge in [0.1, 0.15) is 5.82 Å². The second kappa shape index (κ2) is 4.55. The van der Waals surface area contributed by atoms with Crippen molar-refractivity contribution in [2.75, 3.05) is 19.0 Å². The molecule has 1 aromatic carbocycles. The lowest BCUT2D eigenvalue weighted by atomic mass is 10.2. The average molecular weight is 273 g/mol. The molecule has 3 rings (SSSR count). The van der Waals surface area contributed by atoms with Crippen LogP contribution in [0.2, 0.25) is 5.02 Å². The SMILES string of the molecule is CN(C)c1nc(-n2cccc2)nc2cc(Cl)ccc12. The standard InChI is InChI=1S/C14H13ClN4/c1-18(2)13-11-6-5-10(15)9-12(11)16-14(17-13)19-7-3-4-8-19/h3-9H,1-2H3. The first-order chi connectivity index (χ1) is 9.15. The molecule has 4 nitrogen and oxygen atoms in total. The molecule has 0 bridgehead atoms. The molecule has 3 aromatic rings. The fourth-order valence-corrected chi connectivity index (χ4v) is 2.16. The van der Waals surface area contributed by atoms with Crippen molar-refractivity contribution in [2.24, 2.45) is 0 Å². The van der Waals surface area contributed by atoms with Gasteiger partial charge >= 0.3 is 0 Å². The Hall–Kier alpha value is -2.07. The molecule has 0 N–H and O–H groups in total. The molecule has 0 spiro atoms. The van der Waals surface area contributed by atoms with Crippen LogP contribution in [0.15, 0.2) is 42.7 Å². The van der Waals surface area contributed by atoms with Gasteiger partial charge in [0.25, 0.3) is 0 Å². The van der Waals surface area contributed by atoms with Crippen LogP contribution in [0.3, 0.4) is 0 Å². The molecule has 96 valence electrons. The summed E-state index contributed by atoms with van der Waals surface area (Å²) in [4.78, 5) is 11.1. The summed E-state index contributed by atoms with van der Waals surface area (Å²) >= 11 is 6.05. The number of halogens is 1. The van der Waals surface area contributed by atoms with Crippen molar-refractivity contribution in [2.45, 2.75) is 0 Å². The Bertz CT molecular complexity index is 720. The highest BCUT2D eigenvalue weighted by molar-refractivity contribution is 6.31. The van der Waals surface area contributed by atoms with Crippen LogP contribution in [0.1, 0.15) is 0 Å². The Morgan fingerprint density at radius 1 is 1.11 bits per heavy atom. The molecule has 0 aliphatic heterocycles. The maximum Gasteiger partial charge on any atom is 0.236 e. The number of benzene rings is 1. The summed E-state index contributed by atoms with van der Waals surface area (Å²) in [5.74, 6) is 1.52. The predicted octanol–water partition coefficient (Wildman–Crippen LogP) is 3.14. The lowest BCUT2D eigenvalue weighted by Crippen LogP contribution is -2.13. The van der Waals surface area contributed by atoms with Gasteiger partial charge in [-0.25, -0.2) is 4.98 Å². The maximum atomic E-state index is 6.05. The monoisotopic (exact) mass is 272 g/mol. The van der Waals surface area contributed by atoms with E-state index in [0.717, 1.165) is 16.7 Å². The van der Waals surface area contributed by atoms with Crippen LogP contribution in [0.4, 0.5) is 5.82 Å². The average Bonchev–Trinajstić information content (AvgIpc) is 2.90. The molecular weight excluding hydrogens is 260 g/mol. The highest BCUT2D eigenvalue weighted by Crippen LogP contribution is 2.26. The van der Waals surface area contributed by atoms with Gasteiger partial charge in [-0.3, -0.25) is 4.57 Å². The van der Waals surface area contributed by atoms with E-state index in [1.807, 2.05) is 66.3 Å². The largest absolute Gasteiger partial charge is 0.362 e. The van der Waals surface area contributed by atoms with Crippen LogP contribution in [0, 0.1) is 0 Å². The molecule has 5 heteroatoms. The van der Waals surface area contributed by atoms with Crippen molar-refractivity contribution in [1.29, 1.82) is 0 Å². The summed E-state index contributed by atoms with van der Waals surface area (Å²) in [5, 5.41) is 1.67. The van der Waals surface area contributed by atoms with E-state index in [9.17, 15) is 0 Å². The van der Waals surface area contributed by atoms with Gasteiger partial charge < -0.3 is 4.90 Å². The van der Waals surface area contributed by atoms with Crippen LogP contribution in [0.25, 0.3) is 16.9 Å². The molecule has 0 fully saturated rings. The van der Waals surface area contributed by atoms with Crippen LogP contribution in [-0.2, 0) is 0 Å². The van der Waals surface area contributed by atoms with E-state index in [0.29, 0.717) is 11.0 Å². The highest BCUT2D eigenvalue weighted by atomic mass is 35.5. The Labute approximate surface area is 116 Å². The topological polar surface area (TPSA) is 34.0 Å². The molecule has 0 radical (unpaired) electrons. The molecule has 2 aromatic heterocycles. The molecule has 0 saturated carbocycles. The third kappa shape index (κ3) is 2.15. The smallest absolute Gasteiger partial charge is 0.236 e. The minimum absolute atomic E-state index is 0.642. The second-order valence-electron chi connectivity index (χ2n) is 4.49. The molecular formula is C14H13ClN4. The van der Waals surface area contributed by atoms with Gasteiger partial charge in [0, 0.05) is 36.9 Å². The normalized spacial score (nSPS) is 10.9. The molecule has 0 atom stereocenters. The summed E-state index contributed by atoms with van der Waals surface area (Å²) in [6, 6.07) is 9.56. The van der Waals surface area contributed by atoms with E-state index in [-0.39, 0.29) is 0 Å². The molecule has 2 heterocycles. The number of nitrogens with zero attached hydrogens (tertiary/aromatic N) is 4. The minimum Gasteiger partial charge on any atom is -0.362 e. The van der Waals surface area contributed by atoms with Crippen molar-refractivity contribution >= 4 is 28.3 Å². The first-order valence-electron chi connectivity index (χ1n) is 5.93. The maximum absolute atomic E-state index is 6.05. The van der Waals surface area contributed by atoms with Crippen LogP contribution in [0.5, 0.6) is 0 Å². The molecule has 0 aliphatic rings. The van der Waals surface area contributed by atoms with E-state index in [4.69, 9.17) is 11.6 Å². The summed E-state index contributed by atoms with van der Waals surface area (Å²) in [7, 11) is 3.94. The van der Waals surface area contributed by atoms with E-state index in [1.165, 1.54) is 0 Å². The Morgan fingerprint density at radius 3 is 2.53 bits per heavy atom. The highest BCUT2D eigenvalue weighted by Gasteiger charge is 2.10. The van der Waals surface area contributed by atoms with E-state index in [1.54, 1.807) is 0 Å². The van der Waals surface area contributed by atoms with E-state index >= 15 is 0 Å². The number of anilines is 1. The minimum atomic E-state index is 0.642. The molecule has 0 unspecified atom stereocenters.